The maximum absolute atomic E-state index is 13.4. The van der Waals surface area contributed by atoms with Crippen LogP contribution in [0, 0.1) is 0 Å². The first-order valence-corrected chi connectivity index (χ1v) is 13.8. The van der Waals surface area contributed by atoms with Gasteiger partial charge in [0.1, 0.15) is 9.84 Å². The Morgan fingerprint density at radius 1 is 1.09 bits per heavy atom. The SMILES string of the molecule is C[C@@H]1Cc2c(nc(Cl)n(C3CCC(S(C)(=O)=O)CC3)c2=O)CN1C(=O)c1ccc(Cl)c(Cl)c1. The molecule has 1 atom stereocenters. The average molecular weight is 533 g/mol. The lowest BCUT2D eigenvalue weighted by molar-refractivity contribution is 0.0652. The predicted molar refractivity (Wildman–Crippen MR) is 129 cm³/mol. The number of amides is 1. The van der Waals surface area contributed by atoms with Crippen LogP contribution in [0.2, 0.25) is 15.3 Å². The number of fused-ring (bicyclic) bond motifs is 1. The molecular weight excluding hydrogens is 509 g/mol. The van der Waals surface area contributed by atoms with Crippen LogP contribution in [0.1, 0.15) is 60.3 Å². The molecule has 1 saturated carbocycles. The number of benzene rings is 1. The van der Waals surface area contributed by atoms with Gasteiger partial charge in [-0.1, -0.05) is 23.2 Å². The molecule has 1 aliphatic heterocycles. The molecule has 2 heterocycles. The highest BCUT2D eigenvalue weighted by Crippen LogP contribution is 2.33. The first kappa shape index (κ1) is 24.5. The van der Waals surface area contributed by atoms with Crippen molar-refractivity contribution < 1.29 is 13.2 Å². The molecule has 1 aliphatic carbocycles. The molecule has 1 aromatic carbocycles. The van der Waals surface area contributed by atoms with E-state index in [9.17, 15) is 18.0 Å². The Labute approximate surface area is 207 Å². The van der Waals surface area contributed by atoms with Crippen LogP contribution in [0.15, 0.2) is 23.0 Å². The summed E-state index contributed by atoms with van der Waals surface area (Å²) in [6, 6.07) is 4.30. The Balaban J connectivity index is 1.60. The lowest BCUT2D eigenvalue weighted by Crippen LogP contribution is -2.46. The van der Waals surface area contributed by atoms with E-state index in [1.807, 2.05) is 6.92 Å². The zero-order chi connectivity index (χ0) is 24.1. The summed E-state index contributed by atoms with van der Waals surface area (Å²) < 4.78 is 25.2. The van der Waals surface area contributed by atoms with E-state index in [-0.39, 0.29) is 40.6 Å². The molecule has 11 heteroatoms. The van der Waals surface area contributed by atoms with Crippen LogP contribution in [0.5, 0.6) is 0 Å². The Morgan fingerprint density at radius 2 is 1.76 bits per heavy atom. The molecule has 2 aliphatic rings. The van der Waals surface area contributed by atoms with E-state index in [0.29, 0.717) is 59.0 Å². The molecule has 0 unspecified atom stereocenters. The number of hydrogen-bond acceptors (Lipinski definition) is 5. The predicted octanol–water partition coefficient (Wildman–Crippen LogP) is 4.32. The minimum atomic E-state index is -3.10. The normalized spacial score (nSPS) is 23.3. The van der Waals surface area contributed by atoms with Gasteiger partial charge in [0.2, 0.25) is 5.28 Å². The summed E-state index contributed by atoms with van der Waals surface area (Å²) in [6.07, 6.45) is 3.69. The van der Waals surface area contributed by atoms with Gasteiger partial charge in [-0.25, -0.2) is 13.4 Å². The van der Waals surface area contributed by atoms with Crippen molar-refractivity contribution in [3.05, 3.63) is 60.7 Å². The average Bonchev–Trinajstić information content (AvgIpc) is 2.75. The zero-order valence-corrected chi connectivity index (χ0v) is 21.3. The van der Waals surface area contributed by atoms with Gasteiger partial charge < -0.3 is 4.90 Å². The van der Waals surface area contributed by atoms with Gasteiger partial charge in [0.25, 0.3) is 11.5 Å². The van der Waals surface area contributed by atoms with Crippen LogP contribution in [-0.4, -0.2) is 46.3 Å². The summed E-state index contributed by atoms with van der Waals surface area (Å²) in [6.45, 7) is 2.04. The molecule has 1 amide bonds. The van der Waals surface area contributed by atoms with Crippen LogP contribution >= 0.6 is 34.8 Å². The summed E-state index contributed by atoms with van der Waals surface area (Å²) >= 11 is 18.5. The van der Waals surface area contributed by atoms with Gasteiger partial charge in [0.15, 0.2) is 0 Å². The lowest BCUT2D eigenvalue weighted by atomic mass is 9.94. The number of hydrogen-bond donors (Lipinski definition) is 0. The van der Waals surface area contributed by atoms with Crippen molar-refractivity contribution in [2.24, 2.45) is 0 Å². The van der Waals surface area contributed by atoms with Crippen LogP contribution in [0.25, 0.3) is 0 Å². The molecule has 2 aromatic rings. The number of rotatable bonds is 3. The molecule has 0 saturated heterocycles. The first-order valence-electron chi connectivity index (χ1n) is 10.7. The van der Waals surface area contributed by atoms with Gasteiger partial charge >= 0.3 is 0 Å². The molecule has 0 radical (unpaired) electrons. The third-order valence-electron chi connectivity index (χ3n) is 6.64. The fourth-order valence-corrected chi connectivity index (χ4v) is 6.50. The van der Waals surface area contributed by atoms with Gasteiger partial charge in [0, 0.05) is 29.5 Å². The van der Waals surface area contributed by atoms with Crippen molar-refractivity contribution in [3.8, 4) is 0 Å². The van der Waals surface area contributed by atoms with Crippen molar-refractivity contribution in [2.45, 2.75) is 62.9 Å². The monoisotopic (exact) mass is 531 g/mol. The third-order valence-corrected chi connectivity index (χ3v) is 9.33. The van der Waals surface area contributed by atoms with Gasteiger partial charge in [-0.15, -0.1) is 0 Å². The topological polar surface area (TPSA) is 89.3 Å². The fraction of sp³-hybridized carbons (Fsp3) is 0.500. The Morgan fingerprint density at radius 3 is 2.36 bits per heavy atom. The van der Waals surface area contributed by atoms with Crippen LogP contribution in [-0.2, 0) is 22.8 Å². The molecule has 4 rings (SSSR count). The summed E-state index contributed by atoms with van der Waals surface area (Å²) in [5.74, 6) is -0.229. The van der Waals surface area contributed by atoms with Gasteiger partial charge in [-0.3, -0.25) is 14.2 Å². The number of carbonyl (C=O) groups is 1. The van der Waals surface area contributed by atoms with Crippen molar-refractivity contribution in [3.63, 3.8) is 0 Å². The number of aromatic nitrogens is 2. The molecular formula is C22H24Cl3N3O4S. The number of nitrogens with zero attached hydrogens (tertiary/aromatic N) is 3. The number of carbonyl (C=O) groups excluding carboxylic acids is 1. The van der Waals surface area contributed by atoms with E-state index in [1.54, 1.807) is 17.0 Å². The minimum absolute atomic E-state index is 0.0676. The standard InChI is InChI=1S/C22H24Cl3N3O4S/c1-12-9-16-19(11-27(12)20(29)13-3-8-17(23)18(24)10-13)26-22(25)28(21(16)30)14-4-6-15(7-5-14)33(2,31)32/h3,8,10,12,14-15H,4-7,9,11H2,1-2H3/t12-,14?,15?/m1/s1. The molecule has 0 N–H and O–H groups in total. The minimum Gasteiger partial charge on any atom is -0.330 e. The molecule has 178 valence electrons. The quantitative estimate of drug-likeness (QED) is 0.549. The van der Waals surface area contributed by atoms with Crippen molar-refractivity contribution in [1.29, 1.82) is 0 Å². The maximum atomic E-state index is 13.4. The van der Waals surface area contributed by atoms with Gasteiger partial charge in [-0.05, 0) is 68.8 Å². The van der Waals surface area contributed by atoms with Gasteiger partial charge in [0.05, 0.1) is 27.5 Å². The summed E-state index contributed by atoms with van der Waals surface area (Å²) in [5, 5.41) is 0.347. The smallest absolute Gasteiger partial charge is 0.258 e. The molecule has 1 aromatic heterocycles. The Kier molecular flexibility index (Phi) is 6.84. The second-order valence-corrected chi connectivity index (χ2v) is 12.3. The fourth-order valence-electron chi connectivity index (χ4n) is 4.76. The summed E-state index contributed by atoms with van der Waals surface area (Å²) in [7, 11) is -3.10. The highest BCUT2D eigenvalue weighted by molar-refractivity contribution is 7.91. The maximum Gasteiger partial charge on any atom is 0.258 e. The van der Waals surface area contributed by atoms with E-state index in [4.69, 9.17) is 34.8 Å². The molecule has 0 bridgehead atoms. The van der Waals surface area contributed by atoms with Crippen LogP contribution < -0.4 is 5.56 Å². The third kappa shape index (κ3) is 4.81. The Bertz CT molecular complexity index is 1270. The van der Waals surface area contributed by atoms with Crippen molar-refractivity contribution in [1.82, 2.24) is 14.5 Å². The van der Waals surface area contributed by atoms with E-state index < -0.39 is 9.84 Å². The molecule has 0 spiro atoms. The van der Waals surface area contributed by atoms with E-state index in [0.717, 1.165) is 0 Å². The van der Waals surface area contributed by atoms with Crippen LogP contribution in [0.3, 0.4) is 0 Å². The van der Waals surface area contributed by atoms with E-state index >= 15 is 0 Å². The Hall–Kier alpha value is -1.61. The molecule has 33 heavy (non-hydrogen) atoms. The van der Waals surface area contributed by atoms with E-state index in [1.165, 1.54) is 16.9 Å². The molecule has 7 nitrogen and oxygen atoms in total. The van der Waals surface area contributed by atoms with Gasteiger partial charge in [-0.2, -0.15) is 0 Å². The zero-order valence-electron chi connectivity index (χ0n) is 18.2. The number of halogens is 3. The highest BCUT2D eigenvalue weighted by Gasteiger charge is 2.34. The lowest BCUT2D eigenvalue weighted by Gasteiger charge is -2.35. The second kappa shape index (κ2) is 9.21. The highest BCUT2D eigenvalue weighted by atomic mass is 35.5. The molecule has 1 fully saturated rings. The van der Waals surface area contributed by atoms with Crippen molar-refractivity contribution in [2.75, 3.05) is 6.26 Å². The first-order chi connectivity index (χ1) is 15.5. The summed E-state index contributed by atoms with van der Waals surface area (Å²) in [5.41, 5.74) is 1.23. The van der Waals surface area contributed by atoms with Crippen LogP contribution in [0.4, 0.5) is 0 Å². The largest absolute Gasteiger partial charge is 0.330 e. The summed E-state index contributed by atoms with van der Waals surface area (Å²) in [4.78, 5) is 32.6. The number of sulfone groups is 1. The second-order valence-electron chi connectivity index (χ2n) is 8.86. The van der Waals surface area contributed by atoms with E-state index in [2.05, 4.69) is 4.98 Å². The van der Waals surface area contributed by atoms with Crippen molar-refractivity contribution >= 4 is 50.5 Å².